The summed E-state index contributed by atoms with van der Waals surface area (Å²) in [5.41, 5.74) is 6.18. The van der Waals surface area contributed by atoms with Crippen molar-refractivity contribution in [3.8, 4) is 16.9 Å². The van der Waals surface area contributed by atoms with Crippen LogP contribution in [0.2, 0.25) is 0 Å². The number of aryl methyl sites for hydroxylation is 3. The van der Waals surface area contributed by atoms with Crippen LogP contribution in [0.1, 0.15) is 42.4 Å². The van der Waals surface area contributed by atoms with Gasteiger partial charge in [0.05, 0.1) is 12.0 Å². The number of benzene rings is 2. The van der Waals surface area contributed by atoms with E-state index in [2.05, 4.69) is 47.6 Å². The Morgan fingerprint density at radius 1 is 1.09 bits per heavy atom. The summed E-state index contributed by atoms with van der Waals surface area (Å²) in [7, 11) is 0. The maximum absolute atomic E-state index is 12.9. The molecule has 2 heterocycles. The summed E-state index contributed by atoms with van der Waals surface area (Å²) in [5.74, 6) is 1.82. The Morgan fingerprint density at radius 3 is 2.85 bits per heavy atom. The number of nitrogens with one attached hydrogen (secondary N) is 1. The minimum Gasteiger partial charge on any atom is -0.494 e. The molecule has 5 rings (SSSR count). The van der Waals surface area contributed by atoms with Crippen molar-refractivity contribution in [2.75, 3.05) is 12.4 Å². The van der Waals surface area contributed by atoms with Gasteiger partial charge >= 0.3 is 0 Å². The minimum atomic E-state index is -0.0424. The van der Waals surface area contributed by atoms with Gasteiger partial charge in [-0.1, -0.05) is 42.1 Å². The molecule has 0 amide bonds. The van der Waals surface area contributed by atoms with Crippen LogP contribution in [-0.2, 0) is 12.8 Å². The van der Waals surface area contributed by atoms with E-state index in [9.17, 15) is 4.79 Å². The summed E-state index contributed by atoms with van der Waals surface area (Å²) < 4.78 is 5.81. The Bertz CT molecular complexity index is 1330. The SMILES string of the molecule is Cc1cccc(OCCCCSc2nc3scc(-c4ccc5c(c4)CCCC5)c3c(=O)[nH]2)c1. The van der Waals surface area contributed by atoms with Gasteiger partial charge in [-0.3, -0.25) is 4.79 Å². The van der Waals surface area contributed by atoms with Crippen LogP contribution < -0.4 is 10.3 Å². The first kappa shape index (κ1) is 22.2. The number of thiophene rings is 1. The number of hydrogen-bond acceptors (Lipinski definition) is 5. The van der Waals surface area contributed by atoms with Gasteiger partial charge in [0, 0.05) is 16.7 Å². The van der Waals surface area contributed by atoms with Gasteiger partial charge in [0.1, 0.15) is 10.6 Å². The number of thioether (sulfide) groups is 1. The average Bonchev–Trinajstić information content (AvgIpc) is 3.26. The van der Waals surface area contributed by atoms with Gasteiger partial charge in [0.25, 0.3) is 5.56 Å². The highest BCUT2D eigenvalue weighted by Crippen LogP contribution is 2.34. The van der Waals surface area contributed by atoms with Crippen LogP contribution in [0.3, 0.4) is 0 Å². The van der Waals surface area contributed by atoms with E-state index in [-0.39, 0.29) is 5.56 Å². The largest absolute Gasteiger partial charge is 0.494 e. The van der Waals surface area contributed by atoms with Crippen LogP contribution in [-0.4, -0.2) is 22.3 Å². The first-order valence-corrected chi connectivity index (χ1v) is 13.5. The highest BCUT2D eigenvalue weighted by Gasteiger charge is 2.16. The molecule has 0 atom stereocenters. The van der Waals surface area contributed by atoms with Crippen molar-refractivity contribution in [2.24, 2.45) is 0 Å². The molecule has 1 aliphatic carbocycles. The zero-order valence-corrected chi connectivity index (χ0v) is 20.5. The van der Waals surface area contributed by atoms with E-state index in [1.54, 1.807) is 23.1 Å². The first-order chi connectivity index (χ1) is 16.2. The molecule has 6 heteroatoms. The van der Waals surface area contributed by atoms with Crippen LogP contribution >= 0.6 is 23.1 Å². The van der Waals surface area contributed by atoms with Crippen molar-refractivity contribution < 1.29 is 4.74 Å². The fraction of sp³-hybridized carbons (Fsp3) is 0.333. The third kappa shape index (κ3) is 5.17. The Morgan fingerprint density at radius 2 is 1.97 bits per heavy atom. The number of hydrogen-bond donors (Lipinski definition) is 1. The third-order valence-electron chi connectivity index (χ3n) is 6.12. The molecule has 2 aromatic heterocycles. The Labute approximate surface area is 202 Å². The number of nitrogens with zero attached hydrogens (tertiary/aromatic N) is 1. The van der Waals surface area contributed by atoms with Crippen molar-refractivity contribution in [1.29, 1.82) is 0 Å². The van der Waals surface area contributed by atoms with Crippen LogP contribution in [0.15, 0.2) is 57.8 Å². The number of aromatic nitrogens is 2. The zero-order chi connectivity index (χ0) is 22.6. The summed E-state index contributed by atoms with van der Waals surface area (Å²) in [6.07, 6.45) is 6.80. The highest BCUT2D eigenvalue weighted by molar-refractivity contribution is 7.99. The molecule has 170 valence electrons. The number of unbranched alkanes of at least 4 members (excludes halogenated alkanes) is 1. The Hall–Kier alpha value is -2.57. The first-order valence-electron chi connectivity index (χ1n) is 11.6. The highest BCUT2D eigenvalue weighted by atomic mass is 32.2. The summed E-state index contributed by atoms with van der Waals surface area (Å²) in [5, 5.41) is 3.49. The van der Waals surface area contributed by atoms with E-state index in [1.807, 2.05) is 12.1 Å². The van der Waals surface area contributed by atoms with E-state index in [0.29, 0.717) is 17.1 Å². The second-order valence-corrected chi connectivity index (χ2v) is 10.6. The molecule has 0 bridgehead atoms. The van der Waals surface area contributed by atoms with Crippen molar-refractivity contribution in [3.05, 3.63) is 74.9 Å². The topological polar surface area (TPSA) is 55.0 Å². The van der Waals surface area contributed by atoms with Gasteiger partial charge < -0.3 is 9.72 Å². The van der Waals surface area contributed by atoms with E-state index in [0.717, 1.165) is 46.7 Å². The molecule has 2 aromatic carbocycles. The van der Waals surface area contributed by atoms with E-state index in [1.165, 1.54) is 36.0 Å². The lowest BCUT2D eigenvalue weighted by Gasteiger charge is -2.16. The van der Waals surface area contributed by atoms with Gasteiger partial charge in [0.15, 0.2) is 5.16 Å². The Balaban J connectivity index is 1.21. The van der Waals surface area contributed by atoms with Crippen LogP contribution in [0.4, 0.5) is 0 Å². The summed E-state index contributed by atoms with van der Waals surface area (Å²) in [4.78, 5) is 21.5. The molecule has 0 fully saturated rings. The summed E-state index contributed by atoms with van der Waals surface area (Å²) in [6.45, 7) is 2.76. The predicted octanol–water partition coefficient (Wildman–Crippen LogP) is 6.79. The number of ether oxygens (including phenoxy) is 1. The molecule has 0 radical (unpaired) electrons. The third-order valence-corrected chi connectivity index (χ3v) is 7.95. The molecule has 0 unspecified atom stereocenters. The standard InChI is InChI=1S/C27H28N2O2S2/c1-18-7-6-10-22(15-18)31-13-4-5-14-32-27-28-25(30)24-23(17-33-26(24)29-27)21-12-11-19-8-2-3-9-20(19)16-21/h6-7,10-12,15-17H,2-5,8-9,13-14H2,1H3,(H,28,29,30). The normalized spacial score (nSPS) is 13.2. The van der Waals surface area contributed by atoms with Crippen LogP contribution in [0, 0.1) is 6.92 Å². The summed E-state index contributed by atoms with van der Waals surface area (Å²) >= 11 is 3.16. The van der Waals surface area contributed by atoms with Gasteiger partial charge in [-0.15, -0.1) is 11.3 Å². The van der Waals surface area contributed by atoms with Gasteiger partial charge in [-0.2, -0.15) is 0 Å². The second kappa shape index (κ2) is 10.1. The summed E-state index contributed by atoms with van der Waals surface area (Å²) in [6, 6.07) is 14.8. The molecule has 0 saturated carbocycles. The molecule has 33 heavy (non-hydrogen) atoms. The molecule has 0 aliphatic heterocycles. The van der Waals surface area contributed by atoms with E-state index < -0.39 is 0 Å². The molecule has 0 spiro atoms. The maximum atomic E-state index is 12.9. The molecule has 4 aromatic rings. The van der Waals surface area contributed by atoms with Gasteiger partial charge in [-0.25, -0.2) is 4.98 Å². The predicted molar refractivity (Wildman–Crippen MR) is 139 cm³/mol. The fourth-order valence-corrected chi connectivity index (χ4v) is 6.25. The number of H-pyrrole nitrogens is 1. The molecular formula is C27H28N2O2S2. The smallest absolute Gasteiger partial charge is 0.260 e. The maximum Gasteiger partial charge on any atom is 0.260 e. The van der Waals surface area contributed by atoms with Gasteiger partial charge in [0.2, 0.25) is 0 Å². The number of rotatable bonds is 8. The van der Waals surface area contributed by atoms with Crippen molar-refractivity contribution in [2.45, 2.75) is 50.6 Å². The average molecular weight is 477 g/mol. The van der Waals surface area contributed by atoms with E-state index >= 15 is 0 Å². The lowest BCUT2D eigenvalue weighted by atomic mass is 9.89. The molecular weight excluding hydrogens is 448 g/mol. The van der Waals surface area contributed by atoms with Crippen LogP contribution in [0.5, 0.6) is 5.75 Å². The number of fused-ring (bicyclic) bond motifs is 2. The second-order valence-electron chi connectivity index (χ2n) is 8.61. The molecule has 1 N–H and O–H groups in total. The molecule has 1 aliphatic rings. The van der Waals surface area contributed by atoms with E-state index in [4.69, 9.17) is 9.72 Å². The fourth-order valence-electron chi connectivity index (χ4n) is 4.38. The lowest BCUT2D eigenvalue weighted by Crippen LogP contribution is -2.09. The number of aromatic amines is 1. The molecule has 4 nitrogen and oxygen atoms in total. The van der Waals surface area contributed by atoms with Crippen molar-refractivity contribution in [1.82, 2.24) is 9.97 Å². The zero-order valence-electron chi connectivity index (χ0n) is 18.9. The molecule has 0 saturated heterocycles. The van der Waals surface area contributed by atoms with Crippen LogP contribution in [0.25, 0.3) is 21.3 Å². The lowest BCUT2D eigenvalue weighted by molar-refractivity contribution is 0.309. The monoisotopic (exact) mass is 476 g/mol. The Kier molecular flexibility index (Phi) is 6.83. The van der Waals surface area contributed by atoms with Crippen molar-refractivity contribution in [3.63, 3.8) is 0 Å². The minimum absolute atomic E-state index is 0.0424. The quantitative estimate of drug-likeness (QED) is 0.173. The van der Waals surface area contributed by atoms with Crippen molar-refractivity contribution >= 4 is 33.3 Å². The van der Waals surface area contributed by atoms with Gasteiger partial charge in [-0.05, 0) is 79.8 Å².